The second-order valence-corrected chi connectivity index (χ2v) is 9.44. The molecule has 0 fully saturated rings. The van der Waals surface area contributed by atoms with Crippen LogP contribution in [0.5, 0.6) is 5.88 Å². The fraction of sp³-hybridized carbons (Fsp3) is 0.158. The van der Waals surface area contributed by atoms with Crippen molar-refractivity contribution in [3.63, 3.8) is 0 Å². The quantitative estimate of drug-likeness (QED) is 0.234. The molecule has 14 heteroatoms. The SMILES string of the molecule is O=S(=O)(NCCn1cnnn1)c1nc(OCNc2nc3ccccc3s2)c2ccccc2n1. The lowest BCUT2D eigenvalue weighted by Crippen LogP contribution is -2.29. The predicted octanol–water partition coefficient (Wildman–Crippen LogP) is 1.65. The highest BCUT2D eigenvalue weighted by Gasteiger charge is 2.21. The van der Waals surface area contributed by atoms with E-state index in [1.165, 1.54) is 22.3 Å². The highest BCUT2D eigenvalue weighted by Crippen LogP contribution is 2.26. The largest absolute Gasteiger partial charge is 0.456 e. The first-order chi connectivity index (χ1) is 16.1. The van der Waals surface area contributed by atoms with Crippen LogP contribution < -0.4 is 14.8 Å². The highest BCUT2D eigenvalue weighted by atomic mass is 32.2. The number of ether oxygens (including phenoxy) is 1. The first-order valence-electron chi connectivity index (χ1n) is 9.78. The molecule has 0 aliphatic rings. The Bertz CT molecular complexity index is 1470. The van der Waals surface area contributed by atoms with Crippen molar-refractivity contribution in [2.45, 2.75) is 11.7 Å². The van der Waals surface area contributed by atoms with Gasteiger partial charge < -0.3 is 10.1 Å². The summed E-state index contributed by atoms with van der Waals surface area (Å²) in [6, 6.07) is 14.8. The number of tetrazole rings is 1. The van der Waals surface area contributed by atoms with Crippen LogP contribution in [0.15, 0.2) is 60.0 Å². The zero-order chi connectivity index (χ0) is 22.7. The van der Waals surface area contributed by atoms with Gasteiger partial charge in [0, 0.05) is 6.54 Å². The summed E-state index contributed by atoms with van der Waals surface area (Å²) >= 11 is 1.49. The average molecular weight is 484 g/mol. The molecule has 12 nitrogen and oxygen atoms in total. The van der Waals surface area contributed by atoms with Crippen LogP contribution in [0.1, 0.15) is 0 Å². The molecule has 33 heavy (non-hydrogen) atoms. The molecule has 0 spiro atoms. The molecule has 0 radical (unpaired) electrons. The summed E-state index contributed by atoms with van der Waals surface area (Å²) in [6.45, 7) is 0.376. The van der Waals surface area contributed by atoms with Crippen molar-refractivity contribution in [1.29, 1.82) is 0 Å². The molecule has 0 bridgehead atoms. The molecule has 0 aliphatic heterocycles. The number of benzene rings is 2. The second kappa shape index (κ2) is 9.01. The first-order valence-corrected chi connectivity index (χ1v) is 12.1. The maximum absolute atomic E-state index is 12.8. The molecular formula is C19H17N9O3S2. The van der Waals surface area contributed by atoms with Crippen molar-refractivity contribution in [2.75, 3.05) is 18.6 Å². The Morgan fingerprint density at radius 3 is 2.64 bits per heavy atom. The molecule has 0 atom stereocenters. The van der Waals surface area contributed by atoms with Crippen LogP contribution in [-0.4, -0.2) is 56.9 Å². The Kier molecular flexibility index (Phi) is 5.77. The fourth-order valence-corrected chi connectivity index (χ4v) is 4.77. The number of anilines is 1. The van der Waals surface area contributed by atoms with Gasteiger partial charge in [0.1, 0.15) is 6.33 Å². The Hall–Kier alpha value is -3.75. The summed E-state index contributed by atoms with van der Waals surface area (Å²) in [5, 5.41) is 14.7. The lowest BCUT2D eigenvalue weighted by atomic mass is 10.2. The van der Waals surface area contributed by atoms with Gasteiger partial charge in [-0.25, -0.2) is 27.8 Å². The normalized spacial score (nSPS) is 11.8. The van der Waals surface area contributed by atoms with Crippen molar-refractivity contribution in [3.8, 4) is 5.88 Å². The van der Waals surface area contributed by atoms with E-state index in [4.69, 9.17) is 4.74 Å². The zero-order valence-corrected chi connectivity index (χ0v) is 18.6. The van der Waals surface area contributed by atoms with Gasteiger partial charge in [-0.2, -0.15) is 4.98 Å². The number of rotatable bonds is 9. The molecule has 2 N–H and O–H groups in total. The number of nitrogens with zero attached hydrogens (tertiary/aromatic N) is 7. The third-order valence-electron chi connectivity index (χ3n) is 4.54. The standard InChI is InChI=1S/C19H17N9O3S2/c29-33(30,22-9-10-28-11-21-26-27-28)19-24-14-6-2-1-5-13(14)17(25-19)31-12-20-18-23-15-7-3-4-8-16(15)32-18/h1-8,11,22H,9-10,12H2,(H,20,23). The van der Waals surface area contributed by atoms with Gasteiger partial charge in [0.2, 0.25) is 5.88 Å². The van der Waals surface area contributed by atoms with Crippen molar-refractivity contribution in [2.24, 2.45) is 0 Å². The summed E-state index contributed by atoms with van der Waals surface area (Å²) in [5.74, 6) is 0.148. The van der Waals surface area contributed by atoms with E-state index in [9.17, 15) is 8.42 Å². The number of nitrogens with one attached hydrogen (secondary N) is 2. The van der Waals surface area contributed by atoms with Crippen molar-refractivity contribution < 1.29 is 13.2 Å². The minimum Gasteiger partial charge on any atom is -0.456 e. The van der Waals surface area contributed by atoms with E-state index in [2.05, 4.69) is 40.5 Å². The molecule has 5 aromatic rings. The minimum atomic E-state index is -3.99. The molecule has 2 aromatic carbocycles. The molecule has 0 unspecified atom stereocenters. The molecule has 0 aliphatic carbocycles. The van der Waals surface area contributed by atoms with E-state index in [0.29, 0.717) is 16.0 Å². The van der Waals surface area contributed by atoms with E-state index in [1.54, 1.807) is 24.3 Å². The van der Waals surface area contributed by atoms with Gasteiger partial charge in [-0.3, -0.25) is 0 Å². The lowest BCUT2D eigenvalue weighted by molar-refractivity contribution is 0.333. The third-order valence-corrected chi connectivity index (χ3v) is 6.78. The number of hydrogen-bond donors (Lipinski definition) is 2. The minimum absolute atomic E-state index is 0.0487. The predicted molar refractivity (Wildman–Crippen MR) is 121 cm³/mol. The van der Waals surface area contributed by atoms with E-state index in [-0.39, 0.29) is 30.9 Å². The van der Waals surface area contributed by atoms with E-state index < -0.39 is 10.0 Å². The van der Waals surface area contributed by atoms with Crippen LogP contribution in [0, 0.1) is 0 Å². The number of sulfonamides is 1. The molecule has 5 rings (SSSR count). The number of para-hydroxylation sites is 2. The molecule has 0 saturated heterocycles. The van der Waals surface area contributed by atoms with Gasteiger partial charge in [0.25, 0.3) is 15.2 Å². The van der Waals surface area contributed by atoms with Crippen LogP contribution >= 0.6 is 11.3 Å². The van der Waals surface area contributed by atoms with Gasteiger partial charge in [-0.15, -0.1) is 5.10 Å². The molecular weight excluding hydrogens is 466 g/mol. The maximum Gasteiger partial charge on any atom is 0.276 e. The Balaban J connectivity index is 1.33. The monoisotopic (exact) mass is 483 g/mol. The van der Waals surface area contributed by atoms with Crippen molar-refractivity contribution in [1.82, 2.24) is 39.9 Å². The van der Waals surface area contributed by atoms with Crippen molar-refractivity contribution in [3.05, 3.63) is 54.9 Å². The number of hydrogen-bond acceptors (Lipinski definition) is 11. The molecule has 3 heterocycles. The van der Waals surface area contributed by atoms with E-state index in [1.807, 2.05) is 24.3 Å². The van der Waals surface area contributed by atoms with Crippen LogP contribution in [0.25, 0.3) is 21.1 Å². The van der Waals surface area contributed by atoms with Crippen LogP contribution in [-0.2, 0) is 16.6 Å². The fourth-order valence-electron chi connectivity index (χ4n) is 3.01. The number of thiazole rings is 1. The number of fused-ring (bicyclic) bond motifs is 2. The Morgan fingerprint density at radius 2 is 1.82 bits per heavy atom. The molecule has 3 aromatic heterocycles. The maximum atomic E-state index is 12.8. The summed E-state index contributed by atoms with van der Waals surface area (Å²) in [4.78, 5) is 12.9. The van der Waals surface area contributed by atoms with Gasteiger partial charge in [-0.05, 0) is 34.7 Å². The smallest absolute Gasteiger partial charge is 0.276 e. The Morgan fingerprint density at radius 1 is 1.00 bits per heavy atom. The molecule has 168 valence electrons. The summed E-state index contributed by atoms with van der Waals surface area (Å²) in [6.07, 6.45) is 1.39. The Labute approximate surface area is 191 Å². The lowest BCUT2D eigenvalue weighted by Gasteiger charge is -2.11. The van der Waals surface area contributed by atoms with Gasteiger partial charge in [0.15, 0.2) is 11.9 Å². The summed E-state index contributed by atoms with van der Waals surface area (Å²) < 4.78 is 36.3. The molecule has 0 saturated carbocycles. The summed E-state index contributed by atoms with van der Waals surface area (Å²) in [5.41, 5.74) is 1.34. The van der Waals surface area contributed by atoms with Gasteiger partial charge in [0.05, 0.1) is 27.7 Å². The van der Waals surface area contributed by atoms with Gasteiger partial charge >= 0.3 is 0 Å². The second-order valence-electron chi connectivity index (χ2n) is 6.75. The van der Waals surface area contributed by atoms with Crippen LogP contribution in [0.3, 0.4) is 0 Å². The van der Waals surface area contributed by atoms with Crippen LogP contribution in [0.2, 0.25) is 0 Å². The first kappa shape index (κ1) is 21.1. The number of aromatic nitrogens is 7. The van der Waals surface area contributed by atoms with Crippen LogP contribution in [0.4, 0.5) is 5.13 Å². The van der Waals surface area contributed by atoms with E-state index in [0.717, 1.165) is 10.2 Å². The average Bonchev–Trinajstić information content (AvgIpc) is 3.48. The summed E-state index contributed by atoms with van der Waals surface area (Å²) in [7, 11) is -3.99. The van der Waals surface area contributed by atoms with Crippen molar-refractivity contribution >= 4 is 47.6 Å². The molecule has 0 amide bonds. The highest BCUT2D eigenvalue weighted by molar-refractivity contribution is 7.89. The van der Waals surface area contributed by atoms with Gasteiger partial charge in [-0.1, -0.05) is 35.6 Å². The zero-order valence-electron chi connectivity index (χ0n) is 17.0. The van der Waals surface area contributed by atoms with E-state index >= 15 is 0 Å². The topological polar surface area (TPSA) is 150 Å². The third kappa shape index (κ3) is 4.72.